The third-order valence-corrected chi connectivity index (χ3v) is 5.14. The van der Waals surface area contributed by atoms with Gasteiger partial charge in [0.25, 0.3) is 0 Å². The van der Waals surface area contributed by atoms with E-state index in [1.54, 1.807) is 7.11 Å². The highest BCUT2D eigenvalue weighted by atomic mass is 16.7. The van der Waals surface area contributed by atoms with Gasteiger partial charge < -0.3 is 19.3 Å². The summed E-state index contributed by atoms with van der Waals surface area (Å²) in [6.45, 7) is 6.93. The average Bonchev–Trinajstić information content (AvgIpc) is 2.49. The molecule has 1 N–H and O–H groups in total. The molecule has 0 bridgehead atoms. The Bertz CT molecular complexity index is 515. The Hall–Kier alpha value is -0.940. The van der Waals surface area contributed by atoms with E-state index in [-0.39, 0.29) is 23.0 Å². The second-order valence-corrected chi connectivity index (χ2v) is 7.57. The van der Waals surface area contributed by atoms with Crippen LogP contribution in [0.5, 0.6) is 0 Å². The summed E-state index contributed by atoms with van der Waals surface area (Å²) in [5, 5.41) is 10.7. The number of hydrogen-bond acceptors (Lipinski definition) is 4. The van der Waals surface area contributed by atoms with Crippen molar-refractivity contribution in [2.24, 2.45) is 10.8 Å². The molecule has 4 heteroatoms. The second-order valence-electron chi connectivity index (χ2n) is 7.57. The Morgan fingerprint density at radius 2 is 1.86 bits per heavy atom. The monoisotopic (exact) mass is 306 g/mol. The van der Waals surface area contributed by atoms with Crippen LogP contribution in [0, 0.1) is 10.8 Å². The van der Waals surface area contributed by atoms with Gasteiger partial charge in [-0.15, -0.1) is 0 Å². The number of aliphatic hydroxyl groups is 1. The van der Waals surface area contributed by atoms with Gasteiger partial charge in [0.15, 0.2) is 6.29 Å². The standard InChI is InChI=1S/C18H26O4/c1-17(2)10-18(3)11-21-16(12-8-6-5-7-9-12)22-15(18)13(20-4)14(17)19/h5-9,13-16,19H,10-11H2,1-4H3. The quantitative estimate of drug-likeness (QED) is 0.912. The number of hydrogen-bond donors (Lipinski definition) is 1. The third-order valence-electron chi connectivity index (χ3n) is 5.14. The molecule has 2 aliphatic rings. The Kier molecular flexibility index (Phi) is 4.06. The van der Waals surface area contributed by atoms with E-state index in [2.05, 4.69) is 20.8 Å². The number of benzene rings is 1. The molecule has 0 amide bonds. The van der Waals surface area contributed by atoms with Gasteiger partial charge in [-0.1, -0.05) is 51.1 Å². The minimum atomic E-state index is -0.551. The molecule has 122 valence electrons. The van der Waals surface area contributed by atoms with Crippen molar-refractivity contribution >= 4 is 0 Å². The van der Waals surface area contributed by atoms with Crippen LogP contribution in [0.25, 0.3) is 0 Å². The SMILES string of the molecule is COC1C(O)C(C)(C)CC2(C)COC(c3ccccc3)OC12. The molecule has 1 aromatic rings. The topological polar surface area (TPSA) is 47.9 Å². The summed E-state index contributed by atoms with van der Waals surface area (Å²) in [5.41, 5.74) is 0.617. The fourth-order valence-electron chi connectivity index (χ4n) is 4.10. The lowest BCUT2D eigenvalue weighted by molar-refractivity contribution is -0.325. The van der Waals surface area contributed by atoms with Crippen molar-refractivity contribution in [3.05, 3.63) is 35.9 Å². The highest BCUT2D eigenvalue weighted by Crippen LogP contribution is 2.52. The number of fused-ring (bicyclic) bond motifs is 1. The van der Waals surface area contributed by atoms with E-state index in [9.17, 15) is 5.11 Å². The predicted octanol–water partition coefficient (Wildman–Crippen LogP) is 2.91. The Morgan fingerprint density at radius 3 is 2.50 bits per heavy atom. The molecule has 5 unspecified atom stereocenters. The second kappa shape index (κ2) is 5.60. The fraction of sp³-hybridized carbons (Fsp3) is 0.667. The van der Waals surface area contributed by atoms with Gasteiger partial charge in [0.1, 0.15) is 6.10 Å². The van der Waals surface area contributed by atoms with Crippen LogP contribution in [-0.2, 0) is 14.2 Å². The molecule has 4 nitrogen and oxygen atoms in total. The first-order valence-electron chi connectivity index (χ1n) is 7.90. The molecule has 0 spiro atoms. The third kappa shape index (κ3) is 2.58. The molecule has 22 heavy (non-hydrogen) atoms. The lowest BCUT2D eigenvalue weighted by Crippen LogP contribution is -2.63. The summed E-state index contributed by atoms with van der Waals surface area (Å²) in [6, 6.07) is 9.92. The highest BCUT2D eigenvalue weighted by Gasteiger charge is 2.57. The van der Waals surface area contributed by atoms with E-state index in [4.69, 9.17) is 14.2 Å². The predicted molar refractivity (Wildman–Crippen MR) is 83.3 cm³/mol. The van der Waals surface area contributed by atoms with Crippen molar-refractivity contribution < 1.29 is 19.3 Å². The maximum absolute atomic E-state index is 10.7. The summed E-state index contributed by atoms with van der Waals surface area (Å²) < 4.78 is 17.9. The first-order chi connectivity index (χ1) is 10.4. The van der Waals surface area contributed by atoms with E-state index in [0.29, 0.717) is 6.61 Å². The molecule has 1 heterocycles. The molecule has 1 saturated carbocycles. The zero-order chi connectivity index (χ0) is 16.0. The molecular formula is C18H26O4. The summed E-state index contributed by atoms with van der Waals surface area (Å²) >= 11 is 0. The van der Waals surface area contributed by atoms with E-state index >= 15 is 0 Å². The van der Waals surface area contributed by atoms with Crippen LogP contribution in [0.3, 0.4) is 0 Å². The maximum atomic E-state index is 10.7. The smallest absolute Gasteiger partial charge is 0.184 e. The van der Waals surface area contributed by atoms with Crippen molar-refractivity contribution in [1.29, 1.82) is 0 Å². The van der Waals surface area contributed by atoms with E-state index < -0.39 is 12.4 Å². The Balaban J connectivity index is 1.88. The van der Waals surface area contributed by atoms with Crippen molar-refractivity contribution in [2.75, 3.05) is 13.7 Å². The molecule has 2 fully saturated rings. The molecule has 0 radical (unpaired) electrons. The van der Waals surface area contributed by atoms with Crippen LogP contribution in [0.2, 0.25) is 0 Å². The normalized spacial score (nSPS) is 41.0. The van der Waals surface area contributed by atoms with Crippen LogP contribution >= 0.6 is 0 Å². The summed E-state index contributed by atoms with van der Waals surface area (Å²) in [4.78, 5) is 0. The largest absolute Gasteiger partial charge is 0.390 e. The summed E-state index contributed by atoms with van der Waals surface area (Å²) in [5.74, 6) is 0. The van der Waals surface area contributed by atoms with Gasteiger partial charge in [-0.05, 0) is 11.8 Å². The highest BCUT2D eigenvalue weighted by molar-refractivity contribution is 5.17. The van der Waals surface area contributed by atoms with Crippen LogP contribution in [0.15, 0.2) is 30.3 Å². The molecule has 1 aliphatic carbocycles. The fourth-order valence-corrected chi connectivity index (χ4v) is 4.10. The molecule has 1 aliphatic heterocycles. The van der Waals surface area contributed by atoms with Crippen molar-refractivity contribution in [3.8, 4) is 0 Å². The van der Waals surface area contributed by atoms with Crippen LogP contribution < -0.4 is 0 Å². The number of rotatable bonds is 2. The van der Waals surface area contributed by atoms with Gasteiger partial charge >= 0.3 is 0 Å². The molecule has 1 saturated heterocycles. The first kappa shape index (κ1) is 15.9. The lowest BCUT2D eigenvalue weighted by atomic mass is 9.60. The molecule has 3 rings (SSSR count). The van der Waals surface area contributed by atoms with E-state index in [1.165, 1.54) is 0 Å². The summed E-state index contributed by atoms with van der Waals surface area (Å²) in [7, 11) is 1.64. The van der Waals surface area contributed by atoms with Gasteiger partial charge in [0.05, 0.1) is 18.8 Å². The van der Waals surface area contributed by atoms with Crippen LogP contribution in [0.1, 0.15) is 39.0 Å². The number of methoxy groups -OCH3 is 1. The van der Waals surface area contributed by atoms with E-state index in [0.717, 1.165) is 12.0 Å². The van der Waals surface area contributed by atoms with Crippen molar-refractivity contribution in [3.63, 3.8) is 0 Å². The average molecular weight is 306 g/mol. The minimum absolute atomic E-state index is 0.158. The minimum Gasteiger partial charge on any atom is -0.390 e. The Morgan fingerprint density at radius 1 is 1.18 bits per heavy atom. The zero-order valence-corrected chi connectivity index (χ0v) is 13.8. The molecule has 1 aromatic carbocycles. The number of aliphatic hydroxyl groups excluding tert-OH is 1. The zero-order valence-electron chi connectivity index (χ0n) is 13.8. The van der Waals surface area contributed by atoms with Crippen molar-refractivity contribution in [1.82, 2.24) is 0 Å². The maximum Gasteiger partial charge on any atom is 0.184 e. The van der Waals surface area contributed by atoms with Gasteiger partial charge in [0.2, 0.25) is 0 Å². The van der Waals surface area contributed by atoms with Crippen LogP contribution in [-0.4, -0.2) is 37.1 Å². The lowest BCUT2D eigenvalue weighted by Gasteiger charge is -2.56. The Labute approximate surface area is 132 Å². The molecule has 0 aromatic heterocycles. The van der Waals surface area contributed by atoms with Gasteiger partial charge in [-0.2, -0.15) is 0 Å². The van der Waals surface area contributed by atoms with Gasteiger partial charge in [-0.25, -0.2) is 0 Å². The first-order valence-corrected chi connectivity index (χ1v) is 7.90. The molecular weight excluding hydrogens is 280 g/mol. The summed E-state index contributed by atoms with van der Waals surface area (Å²) in [6.07, 6.45) is -0.633. The van der Waals surface area contributed by atoms with Gasteiger partial charge in [0, 0.05) is 18.1 Å². The van der Waals surface area contributed by atoms with Crippen LogP contribution in [0.4, 0.5) is 0 Å². The molecule has 5 atom stereocenters. The van der Waals surface area contributed by atoms with E-state index in [1.807, 2.05) is 30.3 Å². The van der Waals surface area contributed by atoms with Gasteiger partial charge in [-0.3, -0.25) is 0 Å². The number of ether oxygens (including phenoxy) is 3. The van der Waals surface area contributed by atoms with Crippen molar-refractivity contribution in [2.45, 2.75) is 51.8 Å².